The van der Waals surface area contributed by atoms with Crippen LogP contribution in [0.4, 0.5) is 0 Å². The van der Waals surface area contributed by atoms with Crippen LogP contribution in [-0.4, -0.2) is 15.3 Å². The number of aromatic hydroxyl groups is 3. The maximum Gasteiger partial charge on any atom is 0.122 e. The van der Waals surface area contributed by atoms with Crippen LogP contribution in [0.2, 0.25) is 0 Å². The standard InChI is InChI=1S/C42H52O3/c1-24-12-28-14-26-18-34(40(3,4)5)19-27(25(26)2)15-30-20-35(41(6,7)8)22-32(38(30)44)17-33-23-36(42(9,10)11)21-31(39(33)45)16-29(13-24)37(28)43/h12-13,18-23,43-45H,14-17H2,1-11H3. The molecule has 1 aliphatic carbocycles. The second-order valence-corrected chi connectivity index (χ2v) is 16.6. The maximum absolute atomic E-state index is 11.9. The highest BCUT2D eigenvalue weighted by molar-refractivity contribution is 5.57. The van der Waals surface area contributed by atoms with Gasteiger partial charge in [0.25, 0.3) is 0 Å². The first-order valence-corrected chi connectivity index (χ1v) is 16.4. The second-order valence-electron chi connectivity index (χ2n) is 16.6. The number of aryl methyl sites for hydroxylation is 1. The molecule has 0 spiro atoms. The summed E-state index contributed by atoms with van der Waals surface area (Å²) in [6.45, 7) is 24.1. The van der Waals surface area contributed by atoms with E-state index in [9.17, 15) is 15.3 Å². The highest BCUT2D eigenvalue weighted by Crippen LogP contribution is 2.41. The number of rotatable bonds is 0. The normalized spacial score (nSPS) is 14.0. The molecular formula is C42H52O3. The number of hydrogen-bond donors (Lipinski definition) is 3. The third kappa shape index (κ3) is 6.64. The fourth-order valence-corrected chi connectivity index (χ4v) is 6.59. The largest absolute Gasteiger partial charge is 0.507 e. The van der Waals surface area contributed by atoms with Gasteiger partial charge in [-0.15, -0.1) is 0 Å². The lowest BCUT2D eigenvalue weighted by Crippen LogP contribution is -2.15. The first kappa shape index (κ1) is 32.7. The van der Waals surface area contributed by atoms with Gasteiger partial charge in [-0.05, 0) is 96.9 Å². The highest BCUT2D eigenvalue weighted by atomic mass is 16.3. The van der Waals surface area contributed by atoms with E-state index in [2.05, 4.69) is 119 Å². The minimum atomic E-state index is -0.149. The van der Waals surface area contributed by atoms with Gasteiger partial charge in [-0.3, -0.25) is 0 Å². The van der Waals surface area contributed by atoms with Gasteiger partial charge in [0, 0.05) is 25.7 Å². The van der Waals surface area contributed by atoms with E-state index in [1.807, 2.05) is 6.07 Å². The molecule has 3 N–H and O–H groups in total. The van der Waals surface area contributed by atoms with Gasteiger partial charge in [0.05, 0.1) is 0 Å². The molecule has 0 amide bonds. The van der Waals surface area contributed by atoms with E-state index < -0.39 is 0 Å². The lowest BCUT2D eigenvalue weighted by atomic mass is 9.79. The molecule has 0 fully saturated rings. The van der Waals surface area contributed by atoms with Crippen molar-refractivity contribution < 1.29 is 15.3 Å². The average molecular weight is 605 g/mol. The van der Waals surface area contributed by atoms with Gasteiger partial charge in [0.15, 0.2) is 0 Å². The van der Waals surface area contributed by atoms with E-state index in [0.29, 0.717) is 37.2 Å². The van der Waals surface area contributed by atoms with Crippen LogP contribution in [0.3, 0.4) is 0 Å². The molecule has 1 aliphatic rings. The molecule has 0 unspecified atom stereocenters. The summed E-state index contributed by atoms with van der Waals surface area (Å²) < 4.78 is 0. The third-order valence-electron chi connectivity index (χ3n) is 9.69. The van der Waals surface area contributed by atoms with Crippen molar-refractivity contribution in [2.75, 3.05) is 0 Å². The van der Waals surface area contributed by atoms with Crippen LogP contribution in [0.1, 0.15) is 135 Å². The topological polar surface area (TPSA) is 60.7 Å². The number of fused-ring (bicyclic) bond motifs is 8. The molecule has 4 aromatic carbocycles. The molecule has 3 heteroatoms. The maximum atomic E-state index is 11.9. The fourth-order valence-electron chi connectivity index (χ4n) is 6.59. The molecule has 5 rings (SSSR count). The predicted molar refractivity (Wildman–Crippen MR) is 188 cm³/mol. The van der Waals surface area contributed by atoms with Gasteiger partial charge < -0.3 is 15.3 Å². The summed E-state index contributed by atoms with van der Waals surface area (Å²) in [6.07, 6.45) is 2.01. The Morgan fingerprint density at radius 1 is 0.378 bits per heavy atom. The molecule has 238 valence electrons. The SMILES string of the molecule is Cc1cc2c(O)c(c1)Cc1cc(C(C)(C)C)cc(c1O)Cc1cc(C(C)(C)C)cc(c1O)Cc1cc(C(C)(C)C)cc(c1C)C2. The quantitative estimate of drug-likeness (QED) is 0.165. The van der Waals surface area contributed by atoms with E-state index in [1.165, 1.54) is 27.8 Å². The van der Waals surface area contributed by atoms with Gasteiger partial charge >= 0.3 is 0 Å². The molecular weight excluding hydrogens is 552 g/mol. The Bertz CT molecular complexity index is 1670. The van der Waals surface area contributed by atoms with Crippen molar-refractivity contribution in [2.24, 2.45) is 0 Å². The second kappa shape index (κ2) is 11.3. The van der Waals surface area contributed by atoms with Gasteiger partial charge in [-0.1, -0.05) is 116 Å². The molecule has 0 aliphatic heterocycles. The van der Waals surface area contributed by atoms with Crippen molar-refractivity contribution in [3.63, 3.8) is 0 Å². The average Bonchev–Trinajstić information content (AvgIpc) is 2.90. The first-order valence-electron chi connectivity index (χ1n) is 16.4. The molecule has 8 bridgehead atoms. The van der Waals surface area contributed by atoms with Crippen molar-refractivity contribution in [3.05, 3.63) is 121 Å². The Morgan fingerprint density at radius 2 is 0.600 bits per heavy atom. The Hall–Kier alpha value is -3.72. The first-order chi connectivity index (χ1) is 20.7. The lowest BCUT2D eigenvalue weighted by molar-refractivity contribution is 0.452. The van der Waals surface area contributed by atoms with Crippen molar-refractivity contribution in [1.29, 1.82) is 0 Å². The molecule has 3 nitrogen and oxygen atoms in total. The Kier molecular flexibility index (Phi) is 8.18. The summed E-state index contributed by atoms with van der Waals surface area (Å²) in [5, 5.41) is 35.4. The summed E-state index contributed by atoms with van der Waals surface area (Å²) in [5.74, 6) is 0.836. The number of phenols is 3. The molecule has 0 saturated carbocycles. The van der Waals surface area contributed by atoms with Crippen molar-refractivity contribution >= 4 is 0 Å². The zero-order chi connectivity index (χ0) is 33.2. The van der Waals surface area contributed by atoms with Crippen LogP contribution in [-0.2, 0) is 41.9 Å². The molecule has 0 aromatic heterocycles. The number of phenolic OH excluding ortho intramolecular Hbond substituents is 3. The molecule has 0 radical (unpaired) electrons. The van der Waals surface area contributed by atoms with Crippen molar-refractivity contribution in [2.45, 2.75) is 118 Å². The van der Waals surface area contributed by atoms with Crippen LogP contribution in [0, 0.1) is 13.8 Å². The predicted octanol–water partition coefficient (Wildman–Crippen LogP) is 9.99. The minimum absolute atomic E-state index is 0.0661. The molecule has 45 heavy (non-hydrogen) atoms. The Morgan fingerprint density at radius 3 is 0.867 bits per heavy atom. The minimum Gasteiger partial charge on any atom is -0.507 e. The monoisotopic (exact) mass is 604 g/mol. The third-order valence-corrected chi connectivity index (χ3v) is 9.69. The lowest BCUT2D eigenvalue weighted by Gasteiger charge is -2.26. The zero-order valence-corrected chi connectivity index (χ0v) is 29.3. The van der Waals surface area contributed by atoms with Crippen molar-refractivity contribution in [3.8, 4) is 17.2 Å². The van der Waals surface area contributed by atoms with E-state index in [1.54, 1.807) is 0 Å². The number of benzene rings is 4. The summed E-state index contributed by atoms with van der Waals surface area (Å²) >= 11 is 0. The molecule has 0 saturated heterocycles. The molecule has 0 atom stereocenters. The van der Waals surface area contributed by atoms with Crippen LogP contribution in [0.25, 0.3) is 0 Å². The summed E-state index contributed by atoms with van der Waals surface area (Å²) in [4.78, 5) is 0. The summed E-state index contributed by atoms with van der Waals surface area (Å²) in [6, 6.07) is 17.2. The highest BCUT2D eigenvalue weighted by Gasteiger charge is 2.25. The Balaban J connectivity index is 1.86. The Labute approximate surface area is 271 Å². The summed E-state index contributed by atoms with van der Waals surface area (Å²) in [7, 11) is 0. The van der Waals surface area contributed by atoms with E-state index in [-0.39, 0.29) is 22.0 Å². The van der Waals surface area contributed by atoms with Crippen LogP contribution in [0.5, 0.6) is 17.2 Å². The molecule has 0 heterocycles. The van der Waals surface area contributed by atoms with Gasteiger partial charge in [-0.2, -0.15) is 0 Å². The van der Waals surface area contributed by atoms with E-state index in [4.69, 9.17) is 0 Å². The number of hydrogen-bond acceptors (Lipinski definition) is 3. The van der Waals surface area contributed by atoms with Crippen molar-refractivity contribution in [1.82, 2.24) is 0 Å². The van der Waals surface area contributed by atoms with Gasteiger partial charge in [-0.25, -0.2) is 0 Å². The summed E-state index contributed by atoms with van der Waals surface area (Å²) in [5.41, 5.74) is 12.8. The van der Waals surface area contributed by atoms with Crippen LogP contribution >= 0.6 is 0 Å². The smallest absolute Gasteiger partial charge is 0.122 e. The van der Waals surface area contributed by atoms with E-state index in [0.717, 1.165) is 44.5 Å². The van der Waals surface area contributed by atoms with Gasteiger partial charge in [0.1, 0.15) is 17.2 Å². The van der Waals surface area contributed by atoms with Crippen LogP contribution < -0.4 is 0 Å². The van der Waals surface area contributed by atoms with Crippen LogP contribution in [0.15, 0.2) is 48.5 Å². The fraction of sp³-hybridized carbons (Fsp3) is 0.429. The van der Waals surface area contributed by atoms with Gasteiger partial charge in [0.2, 0.25) is 0 Å². The van der Waals surface area contributed by atoms with E-state index >= 15 is 0 Å². The zero-order valence-electron chi connectivity index (χ0n) is 29.3. The molecule has 4 aromatic rings.